The molecule has 3 heteroatoms. The van der Waals surface area contributed by atoms with Gasteiger partial charge >= 0.3 is 0 Å². The van der Waals surface area contributed by atoms with Gasteiger partial charge in [-0.15, -0.1) is 0 Å². The molecule has 0 aromatic carbocycles. The minimum atomic E-state index is 0.250. The maximum absolute atomic E-state index is 3.37. The second-order valence-electron chi connectivity index (χ2n) is 4.77. The molecule has 1 N–H and O–H groups in total. The highest BCUT2D eigenvalue weighted by atomic mass is 32.2. The number of thioether (sulfide) groups is 1. The normalized spacial score (nSPS) is 25.3. The van der Waals surface area contributed by atoms with Crippen molar-refractivity contribution in [2.24, 2.45) is 0 Å². The Balaban J connectivity index is 2.37. The minimum absolute atomic E-state index is 0.250. The molecule has 0 radical (unpaired) electrons. The highest BCUT2D eigenvalue weighted by molar-refractivity contribution is 8.00. The standard InChI is InChI=1S/C11H24N2S/c1-5-10-8-13(6-7-14-10)9-11(2,3)12-4/h10,12H,5-9H2,1-4H3. The van der Waals surface area contributed by atoms with Crippen molar-refractivity contribution in [1.82, 2.24) is 10.2 Å². The van der Waals surface area contributed by atoms with Gasteiger partial charge in [-0.1, -0.05) is 6.92 Å². The van der Waals surface area contributed by atoms with Gasteiger partial charge < -0.3 is 5.32 Å². The summed E-state index contributed by atoms with van der Waals surface area (Å²) < 4.78 is 0. The molecule has 0 aromatic rings. The summed E-state index contributed by atoms with van der Waals surface area (Å²) in [4.78, 5) is 2.60. The third kappa shape index (κ3) is 3.79. The Bertz CT molecular complexity index is 171. The van der Waals surface area contributed by atoms with E-state index < -0.39 is 0 Å². The van der Waals surface area contributed by atoms with Crippen LogP contribution in [0.15, 0.2) is 0 Å². The lowest BCUT2D eigenvalue weighted by Gasteiger charge is -2.37. The maximum atomic E-state index is 3.37. The zero-order chi connectivity index (χ0) is 10.6. The van der Waals surface area contributed by atoms with E-state index >= 15 is 0 Å². The van der Waals surface area contributed by atoms with E-state index in [1.54, 1.807) is 0 Å². The molecule has 14 heavy (non-hydrogen) atoms. The molecule has 0 spiro atoms. The largest absolute Gasteiger partial charge is 0.314 e. The van der Waals surface area contributed by atoms with Crippen LogP contribution in [-0.4, -0.2) is 48.1 Å². The van der Waals surface area contributed by atoms with Crippen LogP contribution in [0.3, 0.4) is 0 Å². The van der Waals surface area contributed by atoms with Crippen LogP contribution in [0.4, 0.5) is 0 Å². The Morgan fingerprint density at radius 2 is 2.21 bits per heavy atom. The van der Waals surface area contributed by atoms with Crippen LogP contribution in [0.5, 0.6) is 0 Å². The number of hydrogen-bond donors (Lipinski definition) is 1. The van der Waals surface area contributed by atoms with Gasteiger partial charge in [0.2, 0.25) is 0 Å². The van der Waals surface area contributed by atoms with Gasteiger partial charge in [-0.2, -0.15) is 11.8 Å². The average molecular weight is 216 g/mol. The van der Waals surface area contributed by atoms with Crippen molar-refractivity contribution in [3.05, 3.63) is 0 Å². The molecule has 1 heterocycles. The Morgan fingerprint density at radius 1 is 1.50 bits per heavy atom. The molecule has 1 aliphatic heterocycles. The van der Waals surface area contributed by atoms with E-state index in [2.05, 4.69) is 49.8 Å². The predicted octanol–water partition coefficient (Wildman–Crippen LogP) is 1.81. The molecule has 1 aliphatic rings. The fourth-order valence-electron chi connectivity index (χ4n) is 1.81. The van der Waals surface area contributed by atoms with Gasteiger partial charge in [0.1, 0.15) is 0 Å². The lowest BCUT2D eigenvalue weighted by atomic mass is 10.1. The van der Waals surface area contributed by atoms with Crippen LogP contribution in [0.1, 0.15) is 27.2 Å². The summed E-state index contributed by atoms with van der Waals surface area (Å²) in [6, 6.07) is 0. The van der Waals surface area contributed by atoms with Crippen molar-refractivity contribution < 1.29 is 0 Å². The molecule has 0 aromatic heterocycles. The van der Waals surface area contributed by atoms with Gasteiger partial charge in [0.15, 0.2) is 0 Å². The van der Waals surface area contributed by atoms with E-state index in [4.69, 9.17) is 0 Å². The highest BCUT2D eigenvalue weighted by Gasteiger charge is 2.24. The third-order valence-corrected chi connectivity index (χ3v) is 4.35. The van der Waals surface area contributed by atoms with Crippen LogP contribution in [0, 0.1) is 0 Å². The molecule has 0 bridgehead atoms. The molecule has 1 fully saturated rings. The second kappa shape index (κ2) is 5.38. The summed E-state index contributed by atoms with van der Waals surface area (Å²) in [5.74, 6) is 1.30. The third-order valence-electron chi connectivity index (χ3n) is 2.97. The van der Waals surface area contributed by atoms with Crippen molar-refractivity contribution >= 4 is 11.8 Å². The lowest BCUT2D eigenvalue weighted by Crippen LogP contribution is -2.50. The van der Waals surface area contributed by atoms with Gasteiger partial charge in [0, 0.05) is 36.2 Å². The summed E-state index contributed by atoms with van der Waals surface area (Å²) in [5, 5.41) is 4.23. The van der Waals surface area contributed by atoms with Gasteiger partial charge in [-0.3, -0.25) is 4.90 Å². The number of nitrogens with zero attached hydrogens (tertiary/aromatic N) is 1. The molecule has 0 saturated carbocycles. The molecule has 84 valence electrons. The molecule has 1 saturated heterocycles. The molecule has 1 rings (SSSR count). The first-order valence-corrected chi connectivity index (χ1v) is 6.65. The van der Waals surface area contributed by atoms with E-state index in [1.807, 2.05) is 0 Å². The summed E-state index contributed by atoms with van der Waals surface area (Å²) in [5.41, 5.74) is 0.250. The lowest BCUT2D eigenvalue weighted by molar-refractivity contribution is 0.211. The van der Waals surface area contributed by atoms with E-state index in [1.165, 1.54) is 31.8 Å². The van der Waals surface area contributed by atoms with E-state index in [0.717, 1.165) is 5.25 Å². The summed E-state index contributed by atoms with van der Waals surface area (Å²) in [6.07, 6.45) is 1.31. The Hall–Kier alpha value is 0.270. The van der Waals surface area contributed by atoms with Crippen molar-refractivity contribution in [2.75, 3.05) is 32.4 Å². The zero-order valence-corrected chi connectivity index (χ0v) is 10.8. The van der Waals surface area contributed by atoms with Gasteiger partial charge in [0.05, 0.1) is 0 Å². The predicted molar refractivity (Wildman–Crippen MR) is 66.1 cm³/mol. The van der Waals surface area contributed by atoms with Crippen LogP contribution < -0.4 is 5.32 Å². The Labute approximate surface area is 92.8 Å². The first-order chi connectivity index (χ1) is 6.57. The van der Waals surface area contributed by atoms with Crippen molar-refractivity contribution in [2.45, 2.75) is 38.0 Å². The highest BCUT2D eigenvalue weighted by Crippen LogP contribution is 2.22. The maximum Gasteiger partial charge on any atom is 0.0249 e. The first kappa shape index (κ1) is 12.3. The first-order valence-electron chi connectivity index (χ1n) is 5.60. The van der Waals surface area contributed by atoms with E-state index in [-0.39, 0.29) is 5.54 Å². The topological polar surface area (TPSA) is 15.3 Å². The van der Waals surface area contributed by atoms with Crippen LogP contribution in [0.2, 0.25) is 0 Å². The zero-order valence-electron chi connectivity index (χ0n) is 9.97. The molecule has 0 aliphatic carbocycles. The van der Waals surface area contributed by atoms with Crippen LogP contribution in [-0.2, 0) is 0 Å². The number of rotatable bonds is 4. The second-order valence-corrected chi connectivity index (χ2v) is 6.18. The number of likely N-dealkylation sites (N-methyl/N-ethyl adjacent to an activating group) is 1. The van der Waals surface area contributed by atoms with Crippen molar-refractivity contribution in [1.29, 1.82) is 0 Å². The van der Waals surface area contributed by atoms with Crippen LogP contribution >= 0.6 is 11.8 Å². The molecule has 1 unspecified atom stereocenters. The smallest absolute Gasteiger partial charge is 0.0249 e. The average Bonchev–Trinajstić information content (AvgIpc) is 2.17. The monoisotopic (exact) mass is 216 g/mol. The fourth-order valence-corrected chi connectivity index (χ4v) is 3.06. The van der Waals surface area contributed by atoms with E-state index in [9.17, 15) is 0 Å². The molecule has 0 amide bonds. The van der Waals surface area contributed by atoms with Gasteiger partial charge in [-0.25, -0.2) is 0 Å². The van der Waals surface area contributed by atoms with Gasteiger partial charge in [0.25, 0.3) is 0 Å². The Kier molecular flexibility index (Phi) is 4.74. The SMILES string of the molecule is CCC1CN(CC(C)(C)NC)CCS1. The van der Waals surface area contributed by atoms with Crippen molar-refractivity contribution in [3.8, 4) is 0 Å². The minimum Gasteiger partial charge on any atom is -0.314 e. The van der Waals surface area contributed by atoms with Crippen LogP contribution in [0.25, 0.3) is 0 Å². The molecular formula is C11H24N2S. The summed E-state index contributed by atoms with van der Waals surface area (Å²) in [7, 11) is 2.05. The Morgan fingerprint density at radius 3 is 2.79 bits per heavy atom. The number of nitrogens with one attached hydrogen (secondary N) is 1. The number of hydrogen-bond acceptors (Lipinski definition) is 3. The molecule has 1 atom stereocenters. The van der Waals surface area contributed by atoms with Crippen molar-refractivity contribution in [3.63, 3.8) is 0 Å². The summed E-state index contributed by atoms with van der Waals surface area (Å²) in [6.45, 7) is 10.5. The fraction of sp³-hybridized carbons (Fsp3) is 1.00. The quantitative estimate of drug-likeness (QED) is 0.771. The van der Waals surface area contributed by atoms with E-state index in [0.29, 0.717) is 0 Å². The molecular weight excluding hydrogens is 192 g/mol. The summed E-state index contributed by atoms with van der Waals surface area (Å²) >= 11 is 2.14. The van der Waals surface area contributed by atoms with Gasteiger partial charge in [-0.05, 0) is 27.3 Å². The molecule has 2 nitrogen and oxygen atoms in total.